The lowest BCUT2D eigenvalue weighted by Gasteiger charge is -2.30. The molecule has 0 radical (unpaired) electrons. The highest BCUT2D eigenvalue weighted by molar-refractivity contribution is 6.40. The lowest BCUT2D eigenvalue weighted by atomic mass is 10.3. The average molecular weight is 260 g/mol. The molecule has 0 aliphatic rings. The number of carbonyl (C=O) groups excluding carboxylic acids is 1. The minimum atomic E-state index is -0.872. The molecular formula is C12H24O4Si. The topological polar surface area (TPSA) is 44.8 Å². The van der Waals surface area contributed by atoms with Gasteiger partial charge in [0, 0.05) is 19.8 Å². The van der Waals surface area contributed by atoms with Crippen LogP contribution < -0.4 is 0 Å². The SMILES string of the molecule is C=C(C)C(=O)OC(CCC)[SiH2]C(C)(OC)OC. The summed E-state index contributed by atoms with van der Waals surface area (Å²) in [6.45, 7) is 9.18. The third-order valence-corrected chi connectivity index (χ3v) is 5.04. The molecule has 0 bridgehead atoms. The van der Waals surface area contributed by atoms with E-state index in [9.17, 15) is 4.79 Å². The van der Waals surface area contributed by atoms with E-state index in [1.54, 1.807) is 21.1 Å². The normalized spacial score (nSPS) is 13.9. The van der Waals surface area contributed by atoms with Crippen LogP contribution in [0.4, 0.5) is 0 Å². The largest absolute Gasteiger partial charge is 0.463 e. The van der Waals surface area contributed by atoms with Gasteiger partial charge in [-0.15, -0.1) is 0 Å². The number of ether oxygens (including phenoxy) is 3. The summed E-state index contributed by atoms with van der Waals surface area (Å²) in [4.78, 5) is 11.5. The van der Waals surface area contributed by atoms with Gasteiger partial charge in [0.15, 0.2) is 0 Å². The van der Waals surface area contributed by atoms with E-state index in [0.717, 1.165) is 12.8 Å². The maximum atomic E-state index is 11.5. The van der Waals surface area contributed by atoms with Gasteiger partial charge in [-0.2, -0.15) is 0 Å². The van der Waals surface area contributed by atoms with Crippen LogP contribution >= 0.6 is 0 Å². The molecule has 1 unspecified atom stereocenters. The van der Waals surface area contributed by atoms with Crippen molar-refractivity contribution in [2.24, 2.45) is 0 Å². The van der Waals surface area contributed by atoms with Crippen molar-refractivity contribution in [2.75, 3.05) is 14.2 Å². The van der Waals surface area contributed by atoms with E-state index in [1.165, 1.54) is 0 Å². The summed E-state index contributed by atoms with van der Waals surface area (Å²) in [5.74, 6) is -0.328. The maximum absolute atomic E-state index is 11.5. The number of carbonyl (C=O) groups is 1. The van der Waals surface area contributed by atoms with Crippen molar-refractivity contribution in [3.8, 4) is 0 Å². The quantitative estimate of drug-likeness (QED) is 0.286. The minimum absolute atomic E-state index is 0.0749. The summed E-state index contributed by atoms with van der Waals surface area (Å²) in [5, 5.41) is 0. The maximum Gasteiger partial charge on any atom is 0.333 e. The number of rotatable bonds is 8. The van der Waals surface area contributed by atoms with E-state index in [2.05, 4.69) is 13.5 Å². The second-order valence-electron chi connectivity index (χ2n) is 4.34. The van der Waals surface area contributed by atoms with Gasteiger partial charge >= 0.3 is 5.97 Å². The molecule has 17 heavy (non-hydrogen) atoms. The molecule has 100 valence electrons. The Morgan fingerprint density at radius 1 is 1.41 bits per heavy atom. The number of esters is 1. The Balaban J connectivity index is 4.52. The van der Waals surface area contributed by atoms with Gasteiger partial charge in [0.1, 0.15) is 14.9 Å². The van der Waals surface area contributed by atoms with Crippen LogP contribution in [-0.2, 0) is 19.0 Å². The van der Waals surface area contributed by atoms with Crippen molar-refractivity contribution in [1.29, 1.82) is 0 Å². The number of hydrogen-bond donors (Lipinski definition) is 0. The van der Waals surface area contributed by atoms with Gasteiger partial charge < -0.3 is 14.2 Å². The molecule has 1 atom stereocenters. The lowest BCUT2D eigenvalue weighted by Crippen LogP contribution is -2.44. The summed E-state index contributed by atoms with van der Waals surface area (Å²) in [6, 6.07) is 0. The zero-order valence-corrected chi connectivity index (χ0v) is 13.0. The molecule has 4 nitrogen and oxygen atoms in total. The summed E-state index contributed by atoms with van der Waals surface area (Å²) >= 11 is 0. The Morgan fingerprint density at radius 2 is 1.94 bits per heavy atom. The van der Waals surface area contributed by atoms with E-state index < -0.39 is 14.9 Å². The highest BCUT2D eigenvalue weighted by atomic mass is 28.2. The summed E-state index contributed by atoms with van der Waals surface area (Å²) in [5.41, 5.74) is -0.236. The molecule has 5 heteroatoms. The molecule has 0 N–H and O–H groups in total. The van der Waals surface area contributed by atoms with Crippen molar-refractivity contribution < 1.29 is 19.0 Å². The predicted molar refractivity (Wildman–Crippen MR) is 70.6 cm³/mol. The van der Waals surface area contributed by atoms with Gasteiger partial charge in [0.25, 0.3) is 0 Å². The molecule has 0 aliphatic carbocycles. The molecular weight excluding hydrogens is 236 g/mol. The second-order valence-corrected chi connectivity index (χ2v) is 6.95. The van der Waals surface area contributed by atoms with E-state index in [0.29, 0.717) is 5.57 Å². The summed E-state index contributed by atoms with van der Waals surface area (Å²) < 4.78 is 16.1. The van der Waals surface area contributed by atoms with Crippen LogP contribution in [0.5, 0.6) is 0 Å². The minimum Gasteiger partial charge on any atom is -0.463 e. The van der Waals surface area contributed by atoms with Gasteiger partial charge in [-0.1, -0.05) is 19.9 Å². The molecule has 0 heterocycles. The smallest absolute Gasteiger partial charge is 0.333 e. The monoisotopic (exact) mass is 260 g/mol. The van der Waals surface area contributed by atoms with Gasteiger partial charge in [-0.25, -0.2) is 4.79 Å². The van der Waals surface area contributed by atoms with E-state index >= 15 is 0 Å². The van der Waals surface area contributed by atoms with Crippen LogP contribution in [0.15, 0.2) is 12.2 Å². The molecule has 0 aliphatic heterocycles. The fourth-order valence-corrected chi connectivity index (χ4v) is 3.45. The second kappa shape index (κ2) is 7.63. The molecule has 0 saturated heterocycles. The van der Waals surface area contributed by atoms with E-state index in [1.807, 2.05) is 6.92 Å². The molecule has 0 rings (SSSR count). The Morgan fingerprint density at radius 3 is 2.29 bits per heavy atom. The van der Waals surface area contributed by atoms with Crippen LogP contribution in [0, 0.1) is 0 Å². The highest BCUT2D eigenvalue weighted by Crippen LogP contribution is 2.14. The molecule has 0 spiro atoms. The van der Waals surface area contributed by atoms with E-state index in [-0.39, 0.29) is 11.7 Å². The first-order valence-electron chi connectivity index (χ1n) is 5.85. The van der Waals surface area contributed by atoms with Crippen LogP contribution in [0.25, 0.3) is 0 Å². The fourth-order valence-electron chi connectivity index (χ4n) is 1.44. The third-order valence-electron chi connectivity index (χ3n) is 2.69. The van der Waals surface area contributed by atoms with Gasteiger partial charge in [-0.05, 0) is 20.3 Å². The van der Waals surface area contributed by atoms with Crippen molar-refractivity contribution in [1.82, 2.24) is 0 Å². The number of hydrogen-bond acceptors (Lipinski definition) is 4. The van der Waals surface area contributed by atoms with Crippen LogP contribution in [0.1, 0.15) is 33.6 Å². The zero-order valence-electron chi connectivity index (χ0n) is 11.5. The Labute approximate surface area is 106 Å². The third kappa shape index (κ3) is 6.00. The highest BCUT2D eigenvalue weighted by Gasteiger charge is 2.30. The van der Waals surface area contributed by atoms with Gasteiger partial charge in [0.05, 0.1) is 5.73 Å². The first-order valence-corrected chi connectivity index (χ1v) is 7.37. The van der Waals surface area contributed by atoms with Gasteiger partial charge in [0.2, 0.25) is 0 Å². The molecule has 0 aromatic heterocycles. The Hall–Kier alpha value is -0.653. The van der Waals surface area contributed by atoms with Crippen LogP contribution in [0.2, 0.25) is 0 Å². The molecule has 0 aromatic carbocycles. The summed E-state index contributed by atoms with van der Waals surface area (Å²) in [6.07, 6.45) is 1.80. The van der Waals surface area contributed by atoms with Crippen molar-refractivity contribution in [3.05, 3.63) is 12.2 Å². The molecule has 0 aromatic rings. The summed E-state index contributed by atoms with van der Waals surface area (Å²) in [7, 11) is 2.35. The van der Waals surface area contributed by atoms with Crippen molar-refractivity contribution >= 4 is 15.5 Å². The van der Waals surface area contributed by atoms with Crippen molar-refractivity contribution in [2.45, 2.75) is 44.8 Å². The first kappa shape index (κ1) is 16.3. The predicted octanol–water partition coefficient (Wildman–Crippen LogP) is 1.37. The van der Waals surface area contributed by atoms with Gasteiger partial charge in [-0.3, -0.25) is 0 Å². The molecule has 0 fully saturated rings. The Kier molecular flexibility index (Phi) is 7.34. The van der Waals surface area contributed by atoms with Crippen LogP contribution in [0.3, 0.4) is 0 Å². The number of methoxy groups -OCH3 is 2. The van der Waals surface area contributed by atoms with Crippen molar-refractivity contribution in [3.63, 3.8) is 0 Å². The fraction of sp³-hybridized carbons (Fsp3) is 0.750. The van der Waals surface area contributed by atoms with E-state index in [4.69, 9.17) is 14.2 Å². The van der Waals surface area contributed by atoms with Crippen LogP contribution in [-0.4, -0.2) is 40.8 Å². The standard InChI is InChI=1S/C12H24O4Si/c1-7-8-10(16-11(13)9(2)3)17-12(4,14-5)15-6/h10H,2,7-8,17H2,1,3-6H3. The Bertz CT molecular complexity index is 261. The molecule has 0 saturated carbocycles. The lowest BCUT2D eigenvalue weighted by molar-refractivity contribution is -0.146. The average Bonchev–Trinajstić information content (AvgIpc) is 2.28. The molecule has 0 amide bonds. The zero-order chi connectivity index (χ0) is 13.5. The first-order chi connectivity index (χ1) is 7.88.